The first-order valence-electron chi connectivity index (χ1n) is 7.88. The highest BCUT2D eigenvalue weighted by Gasteiger charge is 2.38. The number of aliphatic hydroxyl groups is 1. The summed E-state index contributed by atoms with van der Waals surface area (Å²) in [6, 6.07) is 7.78. The molecule has 2 fully saturated rings. The molecule has 118 valence electrons. The van der Waals surface area contributed by atoms with E-state index in [1.165, 1.54) is 0 Å². The number of hydrogen-bond donors (Lipinski definition) is 1. The van der Waals surface area contributed by atoms with Gasteiger partial charge in [0, 0.05) is 31.7 Å². The summed E-state index contributed by atoms with van der Waals surface area (Å²) in [6.07, 6.45) is 1.42. The molecule has 2 amide bonds. The predicted molar refractivity (Wildman–Crippen MR) is 83.5 cm³/mol. The van der Waals surface area contributed by atoms with Crippen LogP contribution < -0.4 is 4.90 Å². The van der Waals surface area contributed by atoms with Gasteiger partial charge in [0.15, 0.2) is 0 Å². The molecule has 0 spiro atoms. The zero-order valence-electron chi connectivity index (χ0n) is 12.9. The van der Waals surface area contributed by atoms with E-state index >= 15 is 0 Å². The molecule has 5 nitrogen and oxygen atoms in total. The van der Waals surface area contributed by atoms with Crippen molar-refractivity contribution in [3.63, 3.8) is 0 Å². The van der Waals surface area contributed by atoms with E-state index in [0.29, 0.717) is 19.6 Å². The Labute approximate surface area is 130 Å². The fourth-order valence-electron chi connectivity index (χ4n) is 3.26. The summed E-state index contributed by atoms with van der Waals surface area (Å²) in [5, 5.41) is 9.71. The van der Waals surface area contributed by atoms with Crippen molar-refractivity contribution in [1.29, 1.82) is 0 Å². The Morgan fingerprint density at radius 1 is 1.23 bits per heavy atom. The molecule has 0 saturated carbocycles. The highest BCUT2D eigenvalue weighted by atomic mass is 16.3. The van der Waals surface area contributed by atoms with Gasteiger partial charge < -0.3 is 14.9 Å². The second kappa shape index (κ2) is 6.08. The summed E-state index contributed by atoms with van der Waals surface area (Å²) in [6.45, 7) is 3.52. The first kappa shape index (κ1) is 15.0. The smallest absolute Gasteiger partial charge is 0.228 e. The third-order valence-electron chi connectivity index (χ3n) is 4.53. The number of carbonyl (C=O) groups is 2. The molecule has 3 rings (SSSR count). The first-order valence-corrected chi connectivity index (χ1v) is 7.88. The Bertz CT molecular complexity index is 570. The minimum Gasteiger partial charge on any atom is -0.391 e. The lowest BCUT2D eigenvalue weighted by Gasteiger charge is -2.31. The zero-order valence-corrected chi connectivity index (χ0v) is 12.9. The van der Waals surface area contributed by atoms with Crippen LogP contribution in [0.3, 0.4) is 0 Å². The molecular formula is C17H22N2O3. The maximum Gasteiger partial charge on any atom is 0.228 e. The number of piperidine rings is 1. The van der Waals surface area contributed by atoms with E-state index in [0.717, 1.165) is 24.1 Å². The molecule has 2 aliphatic heterocycles. The van der Waals surface area contributed by atoms with Crippen molar-refractivity contribution < 1.29 is 14.7 Å². The number of carbonyl (C=O) groups excluding carboxylic acids is 2. The predicted octanol–water partition coefficient (Wildman–Crippen LogP) is 1.33. The fourth-order valence-corrected chi connectivity index (χ4v) is 3.26. The molecule has 1 aromatic carbocycles. The van der Waals surface area contributed by atoms with Crippen molar-refractivity contribution in [2.24, 2.45) is 5.92 Å². The molecule has 5 heteroatoms. The number of amides is 2. The second-order valence-electron chi connectivity index (χ2n) is 6.32. The molecular weight excluding hydrogens is 280 g/mol. The molecule has 1 N–H and O–H groups in total. The maximum absolute atomic E-state index is 12.6. The van der Waals surface area contributed by atoms with Gasteiger partial charge in [-0.25, -0.2) is 0 Å². The summed E-state index contributed by atoms with van der Waals surface area (Å²) in [7, 11) is 0. The third kappa shape index (κ3) is 2.99. The molecule has 0 aliphatic carbocycles. The lowest BCUT2D eigenvalue weighted by molar-refractivity contribution is -0.138. The Balaban J connectivity index is 1.68. The topological polar surface area (TPSA) is 60.9 Å². The van der Waals surface area contributed by atoms with Crippen molar-refractivity contribution in [2.75, 3.05) is 24.5 Å². The molecule has 0 aromatic heterocycles. The van der Waals surface area contributed by atoms with Crippen LogP contribution in [0.25, 0.3) is 0 Å². The number of rotatable bonds is 2. The highest BCUT2D eigenvalue weighted by molar-refractivity contribution is 6.00. The Hall–Kier alpha value is -1.88. The van der Waals surface area contributed by atoms with Gasteiger partial charge in [0.2, 0.25) is 11.8 Å². The van der Waals surface area contributed by atoms with Gasteiger partial charge in [-0.05, 0) is 31.9 Å². The van der Waals surface area contributed by atoms with E-state index in [-0.39, 0.29) is 24.2 Å². The van der Waals surface area contributed by atoms with E-state index in [1.807, 2.05) is 31.2 Å². The van der Waals surface area contributed by atoms with E-state index in [1.54, 1.807) is 9.80 Å². The van der Waals surface area contributed by atoms with Crippen LogP contribution in [-0.4, -0.2) is 47.6 Å². The van der Waals surface area contributed by atoms with Crippen LogP contribution in [0, 0.1) is 12.8 Å². The summed E-state index contributed by atoms with van der Waals surface area (Å²) >= 11 is 0. The van der Waals surface area contributed by atoms with E-state index in [2.05, 4.69) is 0 Å². The highest BCUT2D eigenvalue weighted by Crippen LogP contribution is 2.27. The van der Waals surface area contributed by atoms with Crippen molar-refractivity contribution in [1.82, 2.24) is 4.90 Å². The van der Waals surface area contributed by atoms with Crippen LogP contribution in [-0.2, 0) is 9.59 Å². The van der Waals surface area contributed by atoms with Gasteiger partial charge in [-0.15, -0.1) is 0 Å². The van der Waals surface area contributed by atoms with Gasteiger partial charge in [-0.1, -0.05) is 17.7 Å². The molecule has 2 heterocycles. The van der Waals surface area contributed by atoms with Crippen LogP contribution >= 0.6 is 0 Å². The molecule has 2 atom stereocenters. The Morgan fingerprint density at radius 2 is 1.95 bits per heavy atom. The van der Waals surface area contributed by atoms with Gasteiger partial charge in [0.05, 0.1) is 12.0 Å². The normalized spacial score (nSPS) is 25.6. The van der Waals surface area contributed by atoms with Gasteiger partial charge >= 0.3 is 0 Å². The van der Waals surface area contributed by atoms with Crippen LogP contribution in [0.2, 0.25) is 0 Å². The van der Waals surface area contributed by atoms with E-state index in [9.17, 15) is 14.7 Å². The van der Waals surface area contributed by atoms with Crippen molar-refractivity contribution in [3.8, 4) is 0 Å². The summed E-state index contributed by atoms with van der Waals surface area (Å²) in [5.74, 6) is -0.291. The van der Waals surface area contributed by atoms with Crippen LogP contribution in [0.4, 0.5) is 5.69 Å². The van der Waals surface area contributed by atoms with E-state index < -0.39 is 6.10 Å². The number of aryl methyl sites for hydroxylation is 1. The largest absolute Gasteiger partial charge is 0.391 e. The summed E-state index contributed by atoms with van der Waals surface area (Å²) in [4.78, 5) is 28.2. The van der Waals surface area contributed by atoms with Gasteiger partial charge in [-0.3, -0.25) is 9.59 Å². The van der Waals surface area contributed by atoms with Crippen molar-refractivity contribution in [2.45, 2.75) is 32.3 Å². The fraction of sp³-hybridized carbons (Fsp3) is 0.529. The quantitative estimate of drug-likeness (QED) is 0.896. The van der Waals surface area contributed by atoms with Gasteiger partial charge in [0.1, 0.15) is 0 Å². The minimum atomic E-state index is -0.428. The summed E-state index contributed by atoms with van der Waals surface area (Å²) in [5.41, 5.74) is 2.00. The number of β-amino-alcohol motifs (C(OH)–C–C–N with tert-alkyl or cyclic N) is 1. The van der Waals surface area contributed by atoms with E-state index in [4.69, 9.17) is 0 Å². The average molecular weight is 302 g/mol. The lowest BCUT2D eigenvalue weighted by atomic mass is 10.0. The molecule has 2 saturated heterocycles. The van der Waals surface area contributed by atoms with Crippen LogP contribution in [0.15, 0.2) is 24.3 Å². The number of nitrogens with zero attached hydrogens (tertiary/aromatic N) is 2. The lowest BCUT2D eigenvalue weighted by Crippen LogP contribution is -2.45. The number of aliphatic hydroxyl groups excluding tert-OH is 1. The SMILES string of the molecule is Cc1ccc(N2CC(C(=O)N3CCCC(O)C3)CC2=O)cc1. The molecule has 0 bridgehead atoms. The molecule has 2 unspecified atom stereocenters. The van der Waals surface area contributed by atoms with Crippen LogP contribution in [0.5, 0.6) is 0 Å². The molecule has 22 heavy (non-hydrogen) atoms. The number of hydrogen-bond acceptors (Lipinski definition) is 3. The van der Waals surface area contributed by atoms with Gasteiger partial charge in [-0.2, -0.15) is 0 Å². The standard InChI is InChI=1S/C17H22N2O3/c1-12-4-6-14(7-5-12)19-10-13(9-16(19)21)17(22)18-8-2-3-15(20)11-18/h4-7,13,15,20H,2-3,8-11H2,1H3. The molecule has 2 aliphatic rings. The summed E-state index contributed by atoms with van der Waals surface area (Å²) < 4.78 is 0. The Kier molecular flexibility index (Phi) is 4.16. The van der Waals surface area contributed by atoms with Crippen molar-refractivity contribution in [3.05, 3.63) is 29.8 Å². The zero-order chi connectivity index (χ0) is 15.7. The van der Waals surface area contributed by atoms with Gasteiger partial charge in [0.25, 0.3) is 0 Å². The maximum atomic E-state index is 12.6. The average Bonchev–Trinajstić information content (AvgIpc) is 2.89. The Morgan fingerprint density at radius 3 is 2.64 bits per heavy atom. The number of anilines is 1. The monoisotopic (exact) mass is 302 g/mol. The number of likely N-dealkylation sites (tertiary alicyclic amines) is 1. The minimum absolute atomic E-state index is 0.000221. The molecule has 1 aromatic rings. The third-order valence-corrected chi connectivity index (χ3v) is 4.53. The second-order valence-corrected chi connectivity index (χ2v) is 6.32. The number of benzene rings is 1. The van der Waals surface area contributed by atoms with Crippen molar-refractivity contribution >= 4 is 17.5 Å². The molecule has 0 radical (unpaired) electrons. The van der Waals surface area contributed by atoms with Crippen LogP contribution in [0.1, 0.15) is 24.8 Å². The first-order chi connectivity index (χ1) is 10.5.